The van der Waals surface area contributed by atoms with Crippen molar-refractivity contribution in [3.8, 4) is 0 Å². The lowest BCUT2D eigenvalue weighted by Crippen LogP contribution is -2.42. The highest BCUT2D eigenvalue weighted by atomic mass is 127. The van der Waals surface area contributed by atoms with Crippen LogP contribution in [0.25, 0.3) is 5.65 Å². The summed E-state index contributed by atoms with van der Waals surface area (Å²) in [6.07, 6.45) is 8.08. The summed E-state index contributed by atoms with van der Waals surface area (Å²) >= 11 is 3.49. The van der Waals surface area contributed by atoms with Gasteiger partial charge in [-0.05, 0) is 60.9 Å². The predicted octanol–water partition coefficient (Wildman–Crippen LogP) is 3.26. The van der Waals surface area contributed by atoms with Gasteiger partial charge in [0.15, 0.2) is 5.96 Å². The molecule has 0 atom stereocenters. The summed E-state index contributed by atoms with van der Waals surface area (Å²) in [4.78, 5) is 11.8. The van der Waals surface area contributed by atoms with Crippen LogP contribution in [0.5, 0.6) is 0 Å². The molecule has 8 heteroatoms. The summed E-state index contributed by atoms with van der Waals surface area (Å²) in [5.74, 6) is 0.859. The van der Waals surface area contributed by atoms with Crippen molar-refractivity contribution in [2.75, 3.05) is 32.7 Å². The van der Waals surface area contributed by atoms with Crippen LogP contribution < -0.4 is 10.6 Å². The van der Waals surface area contributed by atoms with Crippen molar-refractivity contribution < 1.29 is 0 Å². The van der Waals surface area contributed by atoms with E-state index in [1.807, 2.05) is 28.9 Å². The topological polar surface area (TPSA) is 57.0 Å². The van der Waals surface area contributed by atoms with Gasteiger partial charge in [0.05, 0.1) is 12.2 Å². The van der Waals surface area contributed by atoms with Crippen molar-refractivity contribution in [3.05, 3.63) is 34.7 Å². The van der Waals surface area contributed by atoms with Crippen LogP contribution in [0.2, 0.25) is 0 Å². The molecule has 2 aromatic rings. The second kappa shape index (κ2) is 11.1. The van der Waals surface area contributed by atoms with Gasteiger partial charge < -0.3 is 19.9 Å². The highest BCUT2D eigenvalue weighted by molar-refractivity contribution is 14.0. The molecule has 3 heterocycles. The van der Waals surface area contributed by atoms with Gasteiger partial charge in [-0.3, -0.25) is 0 Å². The third-order valence-electron chi connectivity index (χ3n) is 4.38. The number of pyridine rings is 1. The van der Waals surface area contributed by atoms with Gasteiger partial charge in [0.1, 0.15) is 5.65 Å². The number of fused-ring (bicyclic) bond motifs is 1. The molecule has 0 spiro atoms. The smallest absolute Gasteiger partial charge is 0.191 e. The fraction of sp³-hybridized carbons (Fsp3) is 0.556. The summed E-state index contributed by atoms with van der Waals surface area (Å²) in [5.41, 5.74) is 1.91. The van der Waals surface area contributed by atoms with Gasteiger partial charge >= 0.3 is 0 Å². The maximum absolute atomic E-state index is 4.67. The maximum atomic E-state index is 4.67. The zero-order chi connectivity index (χ0) is 17.5. The number of nitrogens with one attached hydrogen (secondary N) is 2. The lowest BCUT2D eigenvalue weighted by molar-refractivity contribution is 0.232. The van der Waals surface area contributed by atoms with Gasteiger partial charge in [-0.25, -0.2) is 9.98 Å². The van der Waals surface area contributed by atoms with Crippen LogP contribution in [-0.4, -0.2) is 53.0 Å². The molecule has 144 valence electrons. The van der Waals surface area contributed by atoms with Gasteiger partial charge in [-0.2, -0.15) is 0 Å². The van der Waals surface area contributed by atoms with E-state index in [1.165, 1.54) is 32.4 Å². The predicted molar refractivity (Wildman–Crippen MR) is 121 cm³/mol. The lowest BCUT2D eigenvalue weighted by Gasteiger charge is -2.26. The number of aliphatic imine (C=N–C) groups is 1. The van der Waals surface area contributed by atoms with E-state index in [2.05, 4.69) is 48.4 Å². The Morgan fingerprint density at radius 3 is 2.77 bits per heavy atom. The van der Waals surface area contributed by atoms with Crippen molar-refractivity contribution in [2.45, 2.75) is 32.7 Å². The summed E-state index contributed by atoms with van der Waals surface area (Å²) in [7, 11) is 0. The quantitative estimate of drug-likeness (QED) is 0.339. The molecule has 0 aromatic carbocycles. The third-order valence-corrected chi connectivity index (χ3v) is 4.85. The standard InChI is InChI=1S/C18H27BrN6.HI/c1-2-20-18(21-8-11-24-9-4-3-5-10-24)22-12-16-14-25-13-15(19)6-7-17(25)23-16;/h6-7,13-14H,2-5,8-12H2,1H3,(H2,20,21,22);1H. The van der Waals surface area contributed by atoms with E-state index in [0.29, 0.717) is 6.54 Å². The van der Waals surface area contributed by atoms with E-state index in [0.717, 1.165) is 41.4 Å². The Kier molecular flexibility index (Phi) is 9.13. The highest BCUT2D eigenvalue weighted by Gasteiger charge is 2.09. The molecule has 1 aliphatic heterocycles. The van der Waals surface area contributed by atoms with Crippen molar-refractivity contribution in [1.82, 2.24) is 24.9 Å². The van der Waals surface area contributed by atoms with E-state index in [1.54, 1.807) is 0 Å². The zero-order valence-electron chi connectivity index (χ0n) is 15.2. The average molecular weight is 535 g/mol. The molecule has 1 saturated heterocycles. The molecule has 2 N–H and O–H groups in total. The fourth-order valence-corrected chi connectivity index (χ4v) is 3.46. The average Bonchev–Trinajstić information content (AvgIpc) is 3.02. The number of hydrogen-bond donors (Lipinski definition) is 2. The third kappa shape index (κ3) is 6.38. The maximum Gasteiger partial charge on any atom is 0.191 e. The van der Waals surface area contributed by atoms with E-state index < -0.39 is 0 Å². The monoisotopic (exact) mass is 534 g/mol. The van der Waals surface area contributed by atoms with Gasteiger partial charge in [-0.1, -0.05) is 6.42 Å². The van der Waals surface area contributed by atoms with E-state index in [-0.39, 0.29) is 24.0 Å². The number of rotatable bonds is 6. The first-order chi connectivity index (χ1) is 12.2. The Labute approximate surface area is 181 Å². The second-order valence-corrected chi connectivity index (χ2v) is 7.28. The van der Waals surface area contributed by atoms with Gasteiger partial charge in [0.25, 0.3) is 0 Å². The SMILES string of the molecule is CCNC(=NCc1cn2cc(Br)ccc2n1)NCCN1CCCCC1.I. The lowest BCUT2D eigenvalue weighted by atomic mass is 10.1. The minimum Gasteiger partial charge on any atom is -0.357 e. The molecule has 3 rings (SSSR count). The number of halogens is 2. The van der Waals surface area contributed by atoms with E-state index >= 15 is 0 Å². The molecular weight excluding hydrogens is 507 g/mol. The molecule has 0 radical (unpaired) electrons. The number of nitrogens with zero attached hydrogens (tertiary/aromatic N) is 4. The number of imidazole rings is 1. The number of guanidine groups is 1. The molecule has 1 fully saturated rings. The zero-order valence-corrected chi connectivity index (χ0v) is 19.2. The molecule has 0 bridgehead atoms. The minimum atomic E-state index is 0. The van der Waals surface area contributed by atoms with Crippen LogP contribution in [0.3, 0.4) is 0 Å². The summed E-state index contributed by atoms with van der Waals surface area (Å²) < 4.78 is 3.06. The van der Waals surface area contributed by atoms with Crippen molar-refractivity contribution >= 4 is 51.5 Å². The summed E-state index contributed by atoms with van der Waals surface area (Å²) in [5, 5.41) is 6.75. The number of hydrogen-bond acceptors (Lipinski definition) is 3. The molecule has 1 aliphatic rings. The Balaban J connectivity index is 0.00000243. The Hall–Kier alpha value is -0.870. The molecule has 26 heavy (non-hydrogen) atoms. The molecule has 6 nitrogen and oxygen atoms in total. The first-order valence-corrected chi connectivity index (χ1v) is 9.91. The largest absolute Gasteiger partial charge is 0.357 e. The van der Waals surface area contributed by atoms with Gasteiger partial charge in [0, 0.05) is 36.5 Å². The minimum absolute atomic E-state index is 0. The summed E-state index contributed by atoms with van der Waals surface area (Å²) in [6.45, 7) is 7.96. The Bertz CT molecular complexity index is 711. The van der Waals surface area contributed by atoms with Gasteiger partial charge in [-0.15, -0.1) is 24.0 Å². The first kappa shape index (κ1) is 21.4. The molecule has 0 amide bonds. The molecule has 0 aliphatic carbocycles. The van der Waals surface area contributed by atoms with Crippen LogP contribution in [0.15, 0.2) is 34.0 Å². The molecule has 0 saturated carbocycles. The number of aromatic nitrogens is 2. The number of piperidine rings is 1. The summed E-state index contributed by atoms with van der Waals surface area (Å²) in [6, 6.07) is 4.00. The molecular formula is C18H28BrIN6. The van der Waals surface area contributed by atoms with Crippen LogP contribution in [-0.2, 0) is 6.54 Å². The molecule has 2 aromatic heterocycles. The number of likely N-dealkylation sites (tertiary alicyclic amines) is 1. The normalized spacial score (nSPS) is 15.7. The molecule has 0 unspecified atom stereocenters. The van der Waals surface area contributed by atoms with Crippen LogP contribution in [0.1, 0.15) is 31.9 Å². The first-order valence-electron chi connectivity index (χ1n) is 9.12. The Morgan fingerprint density at radius 2 is 2.00 bits per heavy atom. The Morgan fingerprint density at radius 1 is 1.19 bits per heavy atom. The highest BCUT2D eigenvalue weighted by Crippen LogP contribution is 2.13. The van der Waals surface area contributed by atoms with Crippen molar-refractivity contribution in [3.63, 3.8) is 0 Å². The van der Waals surface area contributed by atoms with Crippen molar-refractivity contribution in [2.24, 2.45) is 4.99 Å². The van der Waals surface area contributed by atoms with E-state index in [9.17, 15) is 0 Å². The van der Waals surface area contributed by atoms with Crippen LogP contribution >= 0.6 is 39.9 Å². The van der Waals surface area contributed by atoms with Crippen LogP contribution in [0.4, 0.5) is 0 Å². The van der Waals surface area contributed by atoms with Gasteiger partial charge in [0.2, 0.25) is 0 Å². The fourth-order valence-electron chi connectivity index (χ4n) is 3.11. The van der Waals surface area contributed by atoms with Crippen LogP contribution in [0, 0.1) is 0 Å². The second-order valence-electron chi connectivity index (χ2n) is 6.37. The van der Waals surface area contributed by atoms with Crippen molar-refractivity contribution in [1.29, 1.82) is 0 Å². The van der Waals surface area contributed by atoms with E-state index in [4.69, 9.17) is 0 Å².